The van der Waals surface area contributed by atoms with Gasteiger partial charge in [-0.2, -0.15) is 0 Å². The molecule has 4 N–H and O–H groups in total. The van der Waals surface area contributed by atoms with Gasteiger partial charge in [-0.3, -0.25) is 9.59 Å². The van der Waals surface area contributed by atoms with Crippen LogP contribution in [0.3, 0.4) is 0 Å². The van der Waals surface area contributed by atoms with Crippen LogP contribution in [0.2, 0.25) is 0 Å². The van der Waals surface area contributed by atoms with Crippen molar-refractivity contribution >= 4 is 23.4 Å². The Morgan fingerprint density at radius 1 is 1.29 bits per heavy atom. The summed E-state index contributed by atoms with van der Waals surface area (Å²) in [4.78, 5) is 21.6. The minimum atomic E-state index is -0.815. The number of hydrogen-bond donors (Lipinski definition) is 2. The molecule has 0 aromatic carbocycles. The van der Waals surface area contributed by atoms with E-state index < -0.39 is 17.2 Å². The molecule has 0 heterocycles. The van der Waals surface area contributed by atoms with E-state index in [1.54, 1.807) is 0 Å². The van der Waals surface area contributed by atoms with Crippen molar-refractivity contribution in [3.8, 4) is 0 Å². The van der Waals surface area contributed by atoms with Crippen LogP contribution in [0.5, 0.6) is 0 Å². The molecule has 0 fully saturated rings. The average Bonchev–Trinajstić information content (AvgIpc) is 1.99. The van der Waals surface area contributed by atoms with Crippen molar-refractivity contribution in [1.29, 1.82) is 0 Å². The maximum atomic E-state index is 10.8. The molecule has 0 aliphatic rings. The van der Waals surface area contributed by atoms with Gasteiger partial charge in [-0.05, 0) is 18.3 Å². The lowest BCUT2D eigenvalue weighted by Crippen LogP contribution is -2.34. The van der Waals surface area contributed by atoms with Crippen LogP contribution in [0.1, 0.15) is 26.7 Å². The summed E-state index contributed by atoms with van der Waals surface area (Å²) < 4.78 is 0. The Bertz CT molecular complexity index is 219. The highest BCUT2D eigenvalue weighted by molar-refractivity contribution is 6.30. The average molecular weight is 221 g/mol. The van der Waals surface area contributed by atoms with E-state index in [0.717, 1.165) is 0 Å². The van der Waals surface area contributed by atoms with Gasteiger partial charge in [0.05, 0.1) is 0 Å². The minimum absolute atomic E-state index is 0.106. The predicted octanol–water partition coefficient (Wildman–Crippen LogP) is 0.617. The quantitative estimate of drug-likeness (QED) is 0.643. The summed E-state index contributed by atoms with van der Waals surface area (Å²) in [6, 6.07) is 0. The van der Waals surface area contributed by atoms with Crippen LogP contribution in [0.25, 0.3) is 0 Å². The zero-order chi connectivity index (χ0) is 11.3. The molecule has 0 saturated heterocycles. The van der Waals surface area contributed by atoms with Crippen molar-refractivity contribution < 1.29 is 9.59 Å². The second-order valence-electron chi connectivity index (χ2n) is 3.86. The van der Waals surface area contributed by atoms with Gasteiger partial charge in [-0.1, -0.05) is 13.8 Å². The third-order valence-corrected chi connectivity index (χ3v) is 2.49. The first-order valence-corrected chi connectivity index (χ1v) is 5.00. The molecule has 0 aromatic rings. The molecule has 0 aliphatic heterocycles. The fourth-order valence-electron chi connectivity index (χ4n) is 1.40. The third-order valence-electron chi connectivity index (χ3n) is 1.92. The van der Waals surface area contributed by atoms with Crippen molar-refractivity contribution in [2.24, 2.45) is 23.3 Å². The number of alkyl halides is 1. The van der Waals surface area contributed by atoms with Gasteiger partial charge in [0.1, 0.15) is 5.38 Å². The summed E-state index contributed by atoms with van der Waals surface area (Å²) in [6.45, 7) is 3.97. The van der Waals surface area contributed by atoms with E-state index in [1.807, 2.05) is 13.8 Å². The second kappa shape index (κ2) is 5.86. The molecule has 2 atom stereocenters. The van der Waals surface area contributed by atoms with E-state index in [4.69, 9.17) is 23.1 Å². The molecular weight excluding hydrogens is 204 g/mol. The lowest BCUT2D eigenvalue weighted by atomic mass is 9.90. The first-order valence-electron chi connectivity index (χ1n) is 4.56. The van der Waals surface area contributed by atoms with Crippen LogP contribution < -0.4 is 11.5 Å². The number of primary amides is 2. The first kappa shape index (κ1) is 13.2. The van der Waals surface area contributed by atoms with Crippen LogP contribution in [0, 0.1) is 11.8 Å². The Morgan fingerprint density at radius 3 is 2.07 bits per heavy atom. The van der Waals surface area contributed by atoms with Gasteiger partial charge in [-0.15, -0.1) is 11.6 Å². The Morgan fingerprint density at radius 2 is 1.79 bits per heavy atom. The topological polar surface area (TPSA) is 86.2 Å². The van der Waals surface area contributed by atoms with Crippen LogP contribution in [-0.2, 0) is 9.59 Å². The smallest absolute Gasteiger partial charge is 0.235 e. The lowest BCUT2D eigenvalue weighted by molar-refractivity contribution is -0.120. The summed E-state index contributed by atoms with van der Waals surface area (Å²) in [5, 5.41) is -0.815. The molecule has 82 valence electrons. The molecule has 0 aromatic heterocycles. The predicted molar refractivity (Wildman–Crippen MR) is 55.6 cm³/mol. The third kappa shape index (κ3) is 5.07. The van der Waals surface area contributed by atoms with Crippen molar-refractivity contribution in [3.63, 3.8) is 0 Å². The molecule has 4 nitrogen and oxygen atoms in total. The Kier molecular flexibility index (Phi) is 5.53. The standard InChI is InChI=1S/C9H17ClN2O2/c1-5(2)3-6(4-7(11)13)8(10)9(12)14/h5-6,8H,3-4H2,1-2H3,(H2,11,13)(H2,12,14). The van der Waals surface area contributed by atoms with E-state index in [9.17, 15) is 9.59 Å². The van der Waals surface area contributed by atoms with Crippen LogP contribution >= 0.6 is 11.6 Å². The summed E-state index contributed by atoms with van der Waals surface area (Å²) in [6.07, 6.45) is 0.773. The van der Waals surface area contributed by atoms with Crippen LogP contribution in [-0.4, -0.2) is 17.2 Å². The van der Waals surface area contributed by atoms with Crippen LogP contribution in [0.4, 0.5) is 0 Å². The fourth-order valence-corrected chi connectivity index (χ4v) is 1.59. The van der Waals surface area contributed by atoms with Gasteiger partial charge < -0.3 is 11.5 Å². The highest BCUT2D eigenvalue weighted by Gasteiger charge is 2.26. The number of amides is 2. The molecule has 0 rings (SSSR count). The molecule has 0 saturated carbocycles. The molecule has 2 amide bonds. The van der Waals surface area contributed by atoms with Crippen molar-refractivity contribution in [2.45, 2.75) is 32.1 Å². The monoisotopic (exact) mass is 220 g/mol. The molecule has 14 heavy (non-hydrogen) atoms. The Hall–Kier alpha value is -0.770. The zero-order valence-corrected chi connectivity index (χ0v) is 9.25. The molecule has 0 aliphatic carbocycles. The summed E-state index contributed by atoms with van der Waals surface area (Å²) >= 11 is 5.79. The molecular formula is C9H17ClN2O2. The summed E-state index contributed by atoms with van der Waals surface area (Å²) in [5.41, 5.74) is 10.1. The van der Waals surface area contributed by atoms with E-state index in [1.165, 1.54) is 0 Å². The van der Waals surface area contributed by atoms with Gasteiger partial charge >= 0.3 is 0 Å². The SMILES string of the molecule is CC(C)CC(CC(N)=O)C(Cl)C(N)=O. The van der Waals surface area contributed by atoms with Crippen LogP contribution in [0.15, 0.2) is 0 Å². The molecule has 0 spiro atoms. The van der Waals surface area contributed by atoms with E-state index >= 15 is 0 Å². The highest BCUT2D eigenvalue weighted by Crippen LogP contribution is 2.22. The molecule has 5 heteroatoms. The number of halogens is 1. The lowest BCUT2D eigenvalue weighted by Gasteiger charge is -2.20. The van der Waals surface area contributed by atoms with E-state index in [2.05, 4.69) is 0 Å². The van der Waals surface area contributed by atoms with E-state index in [0.29, 0.717) is 12.3 Å². The molecule has 0 bridgehead atoms. The maximum Gasteiger partial charge on any atom is 0.235 e. The van der Waals surface area contributed by atoms with E-state index in [-0.39, 0.29) is 12.3 Å². The fraction of sp³-hybridized carbons (Fsp3) is 0.778. The van der Waals surface area contributed by atoms with Crippen molar-refractivity contribution in [3.05, 3.63) is 0 Å². The van der Waals surface area contributed by atoms with Gasteiger partial charge in [0.2, 0.25) is 11.8 Å². The number of rotatable bonds is 6. The van der Waals surface area contributed by atoms with Gasteiger partial charge in [0.15, 0.2) is 0 Å². The van der Waals surface area contributed by atoms with Gasteiger partial charge in [-0.25, -0.2) is 0 Å². The molecule has 2 unspecified atom stereocenters. The van der Waals surface area contributed by atoms with Gasteiger partial charge in [0, 0.05) is 6.42 Å². The van der Waals surface area contributed by atoms with Gasteiger partial charge in [0.25, 0.3) is 0 Å². The second-order valence-corrected chi connectivity index (χ2v) is 4.33. The number of carbonyl (C=O) groups is 2. The normalized spacial score (nSPS) is 15.1. The zero-order valence-electron chi connectivity index (χ0n) is 8.50. The van der Waals surface area contributed by atoms with Crippen molar-refractivity contribution in [1.82, 2.24) is 0 Å². The number of carbonyl (C=O) groups excluding carboxylic acids is 2. The molecule has 0 radical (unpaired) electrons. The maximum absolute atomic E-state index is 10.8. The number of hydrogen-bond acceptors (Lipinski definition) is 2. The highest BCUT2D eigenvalue weighted by atomic mass is 35.5. The number of nitrogens with two attached hydrogens (primary N) is 2. The Balaban J connectivity index is 4.37. The summed E-state index contributed by atoms with van der Waals surface area (Å²) in [5.74, 6) is -0.965. The largest absolute Gasteiger partial charge is 0.370 e. The Labute approximate surface area is 89.0 Å². The van der Waals surface area contributed by atoms with Crippen molar-refractivity contribution in [2.75, 3.05) is 0 Å². The minimum Gasteiger partial charge on any atom is -0.370 e. The summed E-state index contributed by atoms with van der Waals surface area (Å²) in [7, 11) is 0. The first-order chi connectivity index (χ1) is 6.34.